The molecule has 1 fully saturated rings. The Morgan fingerprint density at radius 2 is 1.62 bits per heavy atom. The lowest BCUT2D eigenvalue weighted by Gasteiger charge is -2.35. The monoisotopic (exact) mass is 511 g/mol. The van der Waals surface area contributed by atoms with Crippen molar-refractivity contribution in [3.05, 3.63) is 89.1 Å². The second-order valence-electron chi connectivity index (χ2n) is 11.7. The Kier molecular flexibility index (Phi) is 6.00. The highest BCUT2D eigenvalue weighted by Crippen LogP contribution is 2.48. The van der Waals surface area contributed by atoms with E-state index in [1.807, 2.05) is 12.1 Å². The van der Waals surface area contributed by atoms with Gasteiger partial charge >= 0.3 is 0 Å². The Balaban J connectivity index is 1.48. The summed E-state index contributed by atoms with van der Waals surface area (Å²) in [7, 11) is 2.08. The lowest BCUT2D eigenvalue weighted by molar-refractivity contribution is -0.660. The molecule has 0 radical (unpaired) electrons. The molecule has 3 aromatic carbocycles. The van der Waals surface area contributed by atoms with E-state index in [0.29, 0.717) is 11.5 Å². The van der Waals surface area contributed by atoms with Gasteiger partial charge in [0.05, 0.1) is 17.2 Å². The number of hydrogen-bond donors (Lipinski definition) is 0. The number of benzene rings is 3. The van der Waals surface area contributed by atoms with E-state index in [0.717, 1.165) is 51.1 Å². The van der Waals surface area contributed by atoms with Crippen molar-refractivity contribution in [2.45, 2.75) is 64.2 Å². The predicted octanol–water partition coefficient (Wildman–Crippen LogP) is 8.92. The van der Waals surface area contributed by atoms with Crippen LogP contribution in [0.25, 0.3) is 44.3 Å². The standard InChI is InChI=1S/C36H35N2O/c1-23-17-19-30-31-20-18-25(22-37)34(36(31)39-35(30)33(23)32-16-6-7-21-38(32)2)29-15-9-13-27-26(12-8-14-28(27)29)24-10-4-3-5-11-24/h6-7,9,13,15-21,24,26H,3-5,8,10-12,14H2,1-2H3/q+1. The van der Waals surface area contributed by atoms with Crippen molar-refractivity contribution in [1.29, 1.82) is 5.26 Å². The van der Waals surface area contributed by atoms with Gasteiger partial charge in [-0.1, -0.05) is 49.6 Å². The van der Waals surface area contributed by atoms with Gasteiger partial charge in [-0.15, -0.1) is 0 Å². The lowest BCUT2D eigenvalue weighted by Crippen LogP contribution is -2.30. The van der Waals surface area contributed by atoms with Crippen LogP contribution in [0.15, 0.2) is 71.3 Å². The second-order valence-corrected chi connectivity index (χ2v) is 11.7. The van der Waals surface area contributed by atoms with E-state index in [1.165, 1.54) is 67.2 Å². The smallest absolute Gasteiger partial charge is 0.216 e. The third-order valence-corrected chi connectivity index (χ3v) is 9.49. The zero-order valence-corrected chi connectivity index (χ0v) is 23.0. The van der Waals surface area contributed by atoms with Gasteiger partial charge in [0.25, 0.3) is 0 Å². The van der Waals surface area contributed by atoms with Crippen molar-refractivity contribution in [1.82, 2.24) is 0 Å². The van der Waals surface area contributed by atoms with E-state index in [9.17, 15) is 5.26 Å². The Bertz CT molecular complexity index is 1760. The van der Waals surface area contributed by atoms with Gasteiger partial charge in [-0.05, 0) is 91.3 Å². The fourth-order valence-electron chi connectivity index (χ4n) is 7.61. The number of pyridine rings is 1. The van der Waals surface area contributed by atoms with Crippen molar-refractivity contribution in [3.63, 3.8) is 0 Å². The Morgan fingerprint density at radius 3 is 2.41 bits per heavy atom. The third-order valence-electron chi connectivity index (χ3n) is 9.49. The first-order valence-electron chi connectivity index (χ1n) is 14.6. The zero-order chi connectivity index (χ0) is 26.5. The fourth-order valence-corrected chi connectivity index (χ4v) is 7.61. The second kappa shape index (κ2) is 9.69. The summed E-state index contributed by atoms with van der Waals surface area (Å²) in [5.41, 5.74) is 11.0. The van der Waals surface area contributed by atoms with E-state index in [-0.39, 0.29) is 0 Å². The van der Waals surface area contributed by atoms with Crippen LogP contribution in [0.5, 0.6) is 0 Å². The summed E-state index contributed by atoms with van der Waals surface area (Å²) < 4.78 is 9.02. The van der Waals surface area contributed by atoms with Gasteiger partial charge in [-0.2, -0.15) is 5.26 Å². The molecule has 2 aliphatic rings. The van der Waals surface area contributed by atoms with Crippen LogP contribution < -0.4 is 4.57 Å². The van der Waals surface area contributed by atoms with Crippen LogP contribution in [0.2, 0.25) is 0 Å². The topological polar surface area (TPSA) is 40.8 Å². The van der Waals surface area contributed by atoms with Crippen molar-refractivity contribution in [2.24, 2.45) is 13.0 Å². The molecule has 2 aliphatic carbocycles. The summed E-state index contributed by atoms with van der Waals surface area (Å²) in [6.45, 7) is 2.15. The molecule has 0 aliphatic heterocycles. The van der Waals surface area contributed by atoms with Crippen LogP contribution in [-0.4, -0.2) is 0 Å². The maximum Gasteiger partial charge on any atom is 0.216 e. The quantitative estimate of drug-likeness (QED) is 0.227. The summed E-state index contributed by atoms with van der Waals surface area (Å²) in [5.74, 6) is 1.43. The molecular formula is C36H35N2O+. The molecule has 3 nitrogen and oxygen atoms in total. The van der Waals surface area contributed by atoms with Gasteiger partial charge in [0.1, 0.15) is 18.2 Å². The average molecular weight is 512 g/mol. The van der Waals surface area contributed by atoms with Crippen LogP contribution >= 0.6 is 0 Å². The molecule has 2 aromatic heterocycles. The molecule has 0 N–H and O–H groups in total. The minimum Gasteiger partial charge on any atom is -0.454 e. The first kappa shape index (κ1) is 24.2. The SMILES string of the molecule is Cc1ccc2c(oc3c(-c4cccc5c4CCCC5C4CCCCC4)c(C#N)ccc32)c1-c1cccc[n+]1C. The molecular weight excluding hydrogens is 476 g/mol. The van der Waals surface area contributed by atoms with Gasteiger partial charge < -0.3 is 4.42 Å². The first-order chi connectivity index (χ1) is 19.2. The van der Waals surface area contributed by atoms with E-state index in [2.05, 4.69) is 79.3 Å². The minimum atomic E-state index is 0.641. The zero-order valence-electron chi connectivity index (χ0n) is 23.0. The van der Waals surface area contributed by atoms with Crippen molar-refractivity contribution < 1.29 is 8.98 Å². The molecule has 1 saturated carbocycles. The highest BCUT2D eigenvalue weighted by atomic mass is 16.3. The number of nitriles is 1. The first-order valence-corrected chi connectivity index (χ1v) is 14.6. The van der Waals surface area contributed by atoms with E-state index in [4.69, 9.17) is 4.42 Å². The summed E-state index contributed by atoms with van der Waals surface area (Å²) in [5, 5.41) is 12.5. The molecule has 7 rings (SSSR count). The van der Waals surface area contributed by atoms with Crippen LogP contribution in [0.1, 0.15) is 73.1 Å². The number of furan rings is 1. The number of aromatic nitrogens is 1. The molecule has 0 saturated heterocycles. The molecule has 0 amide bonds. The molecule has 2 heterocycles. The Labute approximate surface area is 230 Å². The summed E-state index contributed by atoms with van der Waals surface area (Å²) >= 11 is 0. The Morgan fingerprint density at radius 1 is 0.821 bits per heavy atom. The van der Waals surface area contributed by atoms with Crippen molar-refractivity contribution in [3.8, 4) is 28.5 Å². The molecule has 0 spiro atoms. The number of fused-ring (bicyclic) bond motifs is 4. The van der Waals surface area contributed by atoms with E-state index < -0.39 is 0 Å². The van der Waals surface area contributed by atoms with E-state index >= 15 is 0 Å². The molecule has 5 aromatic rings. The van der Waals surface area contributed by atoms with Crippen LogP contribution in [0, 0.1) is 24.2 Å². The summed E-state index contributed by atoms with van der Waals surface area (Å²) in [6.07, 6.45) is 12.5. The van der Waals surface area contributed by atoms with Gasteiger partial charge in [-0.3, -0.25) is 0 Å². The van der Waals surface area contributed by atoms with Crippen molar-refractivity contribution in [2.75, 3.05) is 0 Å². The number of nitrogens with zero attached hydrogens (tertiary/aromatic N) is 2. The minimum absolute atomic E-state index is 0.641. The van der Waals surface area contributed by atoms with Crippen molar-refractivity contribution >= 4 is 21.9 Å². The summed E-state index contributed by atoms with van der Waals surface area (Å²) in [4.78, 5) is 0. The molecule has 1 unspecified atom stereocenters. The average Bonchev–Trinajstić information content (AvgIpc) is 3.35. The van der Waals surface area contributed by atoms with Gasteiger partial charge in [-0.25, -0.2) is 4.57 Å². The molecule has 0 bridgehead atoms. The number of aryl methyl sites for hydroxylation is 2. The Hall–Kier alpha value is -3.90. The normalized spacial score (nSPS) is 17.8. The van der Waals surface area contributed by atoms with Crippen LogP contribution in [0.3, 0.4) is 0 Å². The molecule has 39 heavy (non-hydrogen) atoms. The maximum atomic E-state index is 10.3. The van der Waals surface area contributed by atoms with Gasteiger partial charge in [0, 0.05) is 28.5 Å². The highest BCUT2D eigenvalue weighted by molar-refractivity contribution is 6.14. The number of rotatable bonds is 3. The molecule has 1 atom stereocenters. The largest absolute Gasteiger partial charge is 0.454 e. The predicted molar refractivity (Wildman–Crippen MR) is 157 cm³/mol. The highest BCUT2D eigenvalue weighted by Gasteiger charge is 2.31. The molecule has 194 valence electrons. The third kappa shape index (κ3) is 3.89. The fraction of sp³-hybridized carbons (Fsp3) is 0.333. The van der Waals surface area contributed by atoms with Crippen LogP contribution in [-0.2, 0) is 13.5 Å². The van der Waals surface area contributed by atoms with Crippen LogP contribution in [0.4, 0.5) is 0 Å². The van der Waals surface area contributed by atoms with Gasteiger partial charge in [0.15, 0.2) is 6.20 Å². The van der Waals surface area contributed by atoms with E-state index in [1.54, 1.807) is 0 Å². The lowest BCUT2D eigenvalue weighted by atomic mass is 9.69. The number of hydrogen-bond acceptors (Lipinski definition) is 2. The maximum absolute atomic E-state index is 10.3. The summed E-state index contributed by atoms with van der Waals surface area (Å²) in [6, 6.07) is 24.1. The molecule has 3 heteroatoms. The van der Waals surface area contributed by atoms with Gasteiger partial charge in [0.2, 0.25) is 5.69 Å².